The first kappa shape index (κ1) is 27.0. The van der Waals surface area contributed by atoms with Gasteiger partial charge in [0, 0.05) is 51.0 Å². The predicted octanol–water partition coefficient (Wildman–Crippen LogP) is 9.85. The molecule has 8 aromatic rings. The molecule has 0 spiro atoms. The number of fused-ring (bicyclic) bond motifs is 3. The van der Waals surface area contributed by atoms with Gasteiger partial charge in [-0.1, -0.05) is 121 Å². The average Bonchev–Trinajstić information content (AvgIpc) is 3.15. The van der Waals surface area contributed by atoms with E-state index in [1.54, 1.807) is 0 Å². The zero-order valence-corrected chi connectivity index (χ0v) is 24.5. The highest BCUT2D eigenvalue weighted by atomic mass is 15.0. The molecule has 0 aliphatic carbocycles. The second kappa shape index (κ2) is 11.5. The third kappa shape index (κ3) is 5.12. The van der Waals surface area contributed by atoms with Crippen LogP contribution < -0.4 is 0 Å². The van der Waals surface area contributed by atoms with Gasteiger partial charge < -0.3 is 0 Å². The first-order valence-corrected chi connectivity index (χ1v) is 14.9. The lowest BCUT2D eigenvalue weighted by Crippen LogP contribution is -2.00. The summed E-state index contributed by atoms with van der Waals surface area (Å²) in [5, 5.41) is 2.04. The molecular weight excluding hydrogens is 564 g/mol. The maximum absolute atomic E-state index is 7.19. The van der Waals surface area contributed by atoms with Crippen LogP contribution in [0.3, 0.4) is 0 Å². The van der Waals surface area contributed by atoms with Gasteiger partial charge in [0.2, 0.25) is 0 Å². The molecule has 5 aromatic carbocycles. The Morgan fingerprint density at radius 3 is 1.22 bits per heavy atom. The molecule has 0 aliphatic rings. The van der Waals surface area contributed by atoms with E-state index < -0.39 is 0 Å². The largest absolute Gasteiger partial charge is 0.253 e. The van der Waals surface area contributed by atoms with Crippen molar-refractivity contribution < 1.29 is 0 Å². The maximum atomic E-state index is 7.19. The van der Waals surface area contributed by atoms with Crippen molar-refractivity contribution in [2.24, 2.45) is 0 Å². The van der Waals surface area contributed by atoms with Crippen LogP contribution in [0.25, 0.3) is 83.1 Å². The quantitative estimate of drug-likeness (QED) is 0.148. The molecule has 0 bridgehead atoms. The van der Waals surface area contributed by atoms with Crippen molar-refractivity contribution in [2.75, 3.05) is 0 Å². The highest BCUT2D eigenvalue weighted by Crippen LogP contribution is 2.31. The molecule has 214 valence electrons. The summed E-state index contributed by atoms with van der Waals surface area (Å²) in [6.45, 7) is 7.19. The van der Waals surface area contributed by atoms with Gasteiger partial charge in [-0.15, -0.1) is 0 Å². The van der Waals surface area contributed by atoms with Crippen molar-refractivity contribution in [1.82, 2.24) is 24.9 Å². The van der Waals surface area contributed by atoms with Crippen LogP contribution in [0.2, 0.25) is 0 Å². The number of benzene rings is 5. The van der Waals surface area contributed by atoms with E-state index in [0.717, 1.165) is 60.8 Å². The first-order valence-electron chi connectivity index (χ1n) is 14.9. The van der Waals surface area contributed by atoms with Gasteiger partial charge in [-0.25, -0.2) is 19.8 Å². The Morgan fingerprint density at radius 1 is 0.391 bits per heavy atom. The number of pyridine rings is 2. The van der Waals surface area contributed by atoms with E-state index in [0.29, 0.717) is 23.2 Å². The van der Waals surface area contributed by atoms with Gasteiger partial charge in [-0.05, 0) is 23.3 Å². The van der Waals surface area contributed by atoms with Gasteiger partial charge in [0.1, 0.15) is 0 Å². The van der Waals surface area contributed by atoms with Crippen molar-refractivity contribution in [3.05, 3.63) is 157 Å². The lowest BCUT2D eigenvalue weighted by atomic mass is 10.0. The summed E-state index contributed by atoms with van der Waals surface area (Å²) in [7, 11) is 0. The van der Waals surface area contributed by atoms with Crippen LogP contribution in [0.4, 0.5) is 5.69 Å². The van der Waals surface area contributed by atoms with E-state index in [9.17, 15) is 0 Å². The van der Waals surface area contributed by atoms with Crippen molar-refractivity contribution in [3.63, 3.8) is 0 Å². The topological polar surface area (TPSA) is 68.8 Å². The fraction of sp³-hybridized carbons (Fsp3) is 0. The Morgan fingerprint density at radius 2 is 0.783 bits per heavy atom. The summed E-state index contributed by atoms with van der Waals surface area (Å²) in [4.78, 5) is 27.6. The van der Waals surface area contributed by atoms with E-state index in [4.69, 9.17) is 31.5 Å². The summed E-state index contributed by atoms with van der Waals surface area (Å²) in [5.41, 5.74) is 9.22. The minimum absolute atomic E-state index is 0.620. The van der Waals surface area contributed by atoms with E-state index in [1.807, 2.05) is 109 Å². The summed E-state index contributed by atoms with van der Waals surface area (Å²) >= 11 is 0. The molecule has 0 saturated heterocycles. The average molecular weight is 589 g/mol. The number of nitrogens with zero attached hydrogens (tertiary/aromatic N) is 6. The molecule has 0 radical (unpaired) electrons. The monoisotopic (exact) mass is 588 g/mol. The zero-order valence-electron chi connectivity index (χ0n) is 24.5. The molecule has 6 nitrogen and oxygen atoms in total. The molecule has 0 fully saturated rings. The van der Waals surface area contributed by atoms with Gasteiger partial charge in [0.25, 0.3) is 0 Å². The van der Waals surface area contributed by atoms with Crippen molar-refractivity contribution in [2.45, 2.75) is 0 Å². The third-order valence-electron chi connectivity index (χ3n) is 8.01. The van der Waals surface area contributed by atoms with Crippen molar-refractivity contribution >= 4 is 27.5 Å². The summed E-state index contributed by atoms with van der Waals surface area (Å²) in [6, 6.07) is 44.3. The highest BCUT2D eigenvalue weighted by molar-refractivity contribution is 6.04. The second-order valence-electron chi connectivity index (χ2n) is 10.9. The normalized spacial score (nSPS) is 11.0. The van der Waals surface area contributed by atoms with E-state index in [1.165, 1.54) is 0 Å². The minimum Gasteiger partial charge on any atom is -0.253 e. The van der Waals surface area contributed by atoms with Gasteiger partial charge in [-0.2, -0.15) is 0 Å². The van der Waals surface area contributed by atoms with Crippen molar-refractivity contribution in [1.29, 1.82) is 0 Å². The standard InChI is InChI=1S/C40H24N6/c1-41-35-20-18-27(19-21-35)34-23-32-17-16-31-22-33(24-42-36(31)37(32)43-25-34)26-12-14-30(15-13-26)40-45-38(28-8-4-2-5-9-28)44-39(46-40)29-10-6-3-7-11-29/h2-25H. The molecule has 0 N–H and O–H groups in total. The molecule has 3 aromatic heterocycles. The molecular formula is C40H24N6. The van der Waals surface area contributed by atoms with Gasteiger partial charge in [-0.3, -0.25) is 9.97 Å². The van der Waals surface area contributed by atoms with Gasteiger partial charge in [0.15, 0.2) is 23.2 Å². The SMILES string of the molecule is [C-]#[N+]c1ccc(-c2cnc3c(ccc4cc(-c5ccc(-c6nc(-c7ccccc7)nc(-c7ccccc7)n6)cc5)cnc43)c2)cc1. The van der Waals surface area contributed by atoms with E-state index in [-0.39, 0.29) is 0 Å². The van der Waals surface area contributed by atoms with Crippen LogP contribution in [-0.2, 0) is 0 Å². The Labute approximate surface area is 265 Å². The van der Waals surface area contributed by atoms with Crippen LogP contribution in [0.5, 0.6) is 0 Å². The number of aromatic nitrogens is 5. The van der Waals surface area contributed by atoms with Crippen LogP contribution in [0.15, 0.2) is 146 Å². The van der Waals surface area contributed by atoms with Crippen LogP contribution in [0.1, 0.15) is 0 Å². The molecule has 0 atom stereocenters. The number of rotatable bonds is 5. The molecule has 0 amide bonds. The second-order valence-corrected chi connectivity index (χ2v) is 10.9. The summed E-state index contributed by atoms with van der Waals surface area (Å²) < 4.78 is 0. The molecule has 0 saturated carbocycles. The first-order chi connectivity index (χ1) is 22.7. The minimum atomic E-state index is 0.620. The fourth-order valence-corrected chi connectivity index (χ4v) is 5.59. The number of hydrogen-bond donors (Lipinski definition) is 0. The molecule has 6 heteroatoms. The number of hydrogen-bond acceptors (Lipinski definition) is 5. The fourth-order valence-electron chi connectivity index (χ4n) is 5.59. The molecule has 8 rings (SSSR count). The van der Waals surface area contributed by atoms with E-state index >= 15 is 0 Å². The summed E-state index contributed by atoms with van der Waals surface area (Å²) in [6.07, 6.45) is 3.77. The Hall–Kier alpha value is -6.58. The Kier molecular flexibility index (Phi) is 6.75. The van der Waals surface area contributed by atoms with Crippen molar-refractivity contribution in [3.8, 4) is 56.4 Å². The molecule has 3 heterocycles. The lowest BCUT2D eigenvalue weighted by Gasteiger charge is -2.10. The molecule has 46 heavy (non-hydrogen) atoms. The Bertz CT molecular complexity index is 2340. The Balaban J connectivity index is 1.12. The van der Waals surface area contributed by atoms with Gasteiger partial charge in [0.05, 0.1) is 17.6 Å². The highest BCUT2D eigenvalue weighted by Gasteiger charge is 2.13. The van der Waals surface area contributed by atoms with Crippen LogP contribution in [-0.4, -0.2) is 24.9 Å². The van der Waals surface area contributed by atoms with E-state index in [2.05, 4.69) is 41.2 Å². The third-order valence-corrected chi connectivity index (χ3v) is 8.01. The maximum Gasteiger partial charge on any atom is 0.187 e. The van der Waals surface area contributed by atoms with Gasteiger partial charge >= 0.3 is 0 Å². The van der Waals surface area contributed by atoms with Crippen LogP contribution >= 0.6 is 0 Å². The van der Waals surface area contributed by atoms with Crippen LogP contribution in [0, 0.1) is 6.57 Å². The zero-order chi connectivity index (χ0) is 30.9. The molecule has 0 aliphatic heterocycles. The smallest absolute Gasteiger partial charge is 0.187 e. The molecule has 0 unspecified atom stereocenters. The lowest BCUT2D eigenvalue weighted by molar-refractivity contribution is 1.07. The summed E-state index contributed by atoms with van der Waals surface area (Å²) in [5.74, 6) is 1.89. The predicted molar refractivity (Wildman–Crippen MR) is 184 cm³/mol.